The fourth-order valence-electron chi connectivity index (χ4n) is 5.75. The number of ether oxygens (including phenoxy) is 2. The van der Waals surface area contributed by atoms with Crippen molar-refractivity contribution >= 4 is 21.4 Å². The summed E-state index contributed by atoms with van der Waals surface area (Å²) in [7, 11) is -4.22. The molecule has 2 aliphatic heterocycles. The van der Waals surface area contributed by atoms with Gasteiger partial charge in [0.1, 0.15) is 10.6 Å². The number of aliphatic hydroxyl groups is 1. The minimum Gasteiger partial charge on any atom is -0.490 e. The van der Waals surface area contributed by atoms with Crippen molar-refractivity contribution in [1.82, 2.24) is 0 Å². The van der Waals surface area contributed by atoms with Crippen LogP contribution in [0.4, 0.5) is 8.78 Å². The first kappa shape index (κ1) is 21.1. The van der Waals surface area contributed by atoms with Crippen molar-refractivity contribution in [2.75, 3.05) is 6.61 Å². The van der Waals surface area contributed by atoms with Gasteiger partial charge in [-0.25, -0.2) is 17.2 Å². The minimum atomic E-state index is -4.22. The van der Waals surface area contributed by atoms with Crippen LogP contribution >= 0.6 is 11.6 Å². The topological polar surface area (TPSA) is 72.8 Å². The molecule has 166 valence electrons. The van der Waals surface area contributed by atoms with Crippen LogP contribution in [0.1, 0.15) is 25.3 Å². The number of halogens is 3. The summed E-state index contributed by atoms with van der Waals surface area (Å²) < 4.78 is 67.8. The lowest BCUT2D eigenvalue weighted by atomic mass is 9.63. The second-order valence-corrected chi connectivity index (χ2v) is 11.2. The quantitative estimate of drug-likeness (QED) is 0.716. The number of benzene rings is 2. The van der Waals surface area contributed by atoms with E-state index in [1.807, 2.05) is 0 Å². The molecule has 0 radical (unpaired) electrons. The van der Waals surface area contributed by atoms with E-state index in [9.17, 15) is 17.9 Å². The molecule has 1 aliphatic carbocycles. The van der Waals surface area contributed by atoms with Crippen LogP contribution in [0.5, 0.6) is 5.75 Å². The van der Waals surface area contributed by atoms with Crippen molar-refractivity contribution in [3.63, 3.8) is 0 Å². The number of hydrogen-bond donors (Lipinski definition) is 1. The second kappa shape index (κ2) is 7.13. The molecule has 5 nitrogen and oxygen atoms in total. The molecule has 1 N–H and O–H groups in total. The van der Waals surface area contributed by atoms with Crippen molar-refractivity contribution in [2.45, 2.75) is 41.8 Å². The van der Waals surface area contributed by atoms with Crippen molar-refractivity contribution in [1.29, 1.82) is 0 Å². The maximum atomic E-state index is 15.3. The van der Waals surface area contributed by atoms with Gasteiger partial charge in [-0.15, -0.1) is 0 Å². The SMILES string of the molecule is C[C@H]1C(O)O[C@@H]2CC[C@@]3(S(=O)(=O)c4ccc(Cl)cc4)c4c(F)ccc(F)c4OC[C@H]3[C@@H]21. The first-order valence-electron chi connectivity index (χ1n) is 10.1. The van der Waals surface area contributed by atoms with Crippen molar-refractivity contribution in [2.24, 2.45) is 17.8 Å². The zero-order valence-corrected chi connectivity index (χ0v) is 18.2. The highest BCUT2D eigenvalue weighted by Gasteiger charge is 2.65. The van der Waals surface area contributed by atoms with E-state index in [0.717, 1.165) is 12.1 Å². The zero-order chi connectivity index (χ0) is 22.1. The maximum Gasteiger partial charge on any atom is 0.188 e. The first-order chi connectivity index (χ1) is 14.7. The van der Waals surface area contributed by atoms with E-state index in [1.54, 1.807) is 6.92 Å². The molecule has 0 spiro atoms. The number of rotatable bonds is 2. The van der Waals surface area contributed by atoms with Gasteiger partial charge in [-0.2, -0.15) is 0 Å². The summed E-state index contributed by atoms with van der Waals surface area (Å²) in [5.41, 5.74) is -0.272. The van der Waals surface area contributed by atoms with E-state index < -0.39 is 50.3 Å². The molecule has 0 amide bonds. The molecule has 3 aliphatic rings. The third kappa shape index (κ3) is 2.81. The lowest BCUT2D eigenvalue weighted by Crippen LogP contribution is -2.57. The van der Waals surface area contributed by atoms with E-state index in [2.05, 4.69) is 0 Å². The van der Waals surface area contributed by atoms with Gasteiger partial charge >= 0.3 is 0 Å². The van der Waals surface area contributed by atoms with Gasteiger partial charge in [0.2, 0.25) is 0 Å². The van der Waals surface area contributed by atoms with Crippen LogP contribution in [-0.4, -0.2) is 32.5 Å². The van der Waals surface area contributed by atoms with E-state index in [1.165, 1.54) is 24.3 Å². The smallest absolute Gasteiger partial charge is 0.188 e. The van der Waals surface area contributed by atoms with Crippen LogP contribution in [0.15, 0.2) is 41.3 Å². The van der Waals surface area contributed by atoms with Crippen molar-refractivity contribution in [3.8, 4) is 5.75 Å². The van der Waals surface area contributed by atoms with Crippen LogP contribution in [0.25, 0.3) is 0 Å². The van der Waals surface area contributed by atoms with Crippen LogP contribution < -0.4 is 4.74 Å². The fraction of sp³-hybridized carbons (Fsp3) is 0.455. The molecule has 6 atom stereocenters. The Morgan fingerprint density at radius 3 is 2.52 bits per heavy atom. The second-order valence-electron chi connectivity index (χ2n) is 8.54. The summed E-state index contributed by atoms with van der Waals surface area (Å²) in [5.74, 6) is -3.52. The van der Waals surface area contributed by atoms with Crippen molar-refractivity contribution in [3.05, 3.63) is 58.6 Å². The third-order valence-corrected chi connectivity index (χ3v) is 9.97. The number of sulfone groups is 1. The summed E-state index contributed by atoms with van der Waals surface area (Å²) in [6.07, 6.45) is -1.14. The summed E-state index contributed by atoms with van der Waals surface area (Å²) in [5, 5.41) is 10.6. The Kier molecular flexibility index (Phi) is 4.86. The molecule has 1 unspecified atom stereocenters. The van der Waals surface area contributed by atoms with Gasteiger partial charge in [0.15, 0.2) is 27.7 Å². The first-order valence-corrected chi connectivity index (χ1v) is 12.0. The van der Waals surface area contributed by atoms with Crippen molar-refractivity contribution < 1.29 is 31.8 Å². The average Bonchev–Trinajstić information content (AvgIpc) is 3.04. The Balaban J connectivity index is 1.80. The summed E-state index contributed by atoms with van der Waals surface area (Å²) in [6.45, 7) is 1.65. The lowest BCUT2D eigenvalue weighted by Gasteiger charge is -2.51. The standard InChI is InChI=1S/C22H21ClF2O5S/c1-11-18-14-10-29-20-16(25)7-6-15(24)19(20)22(14,9-8-17(18)30-21(11)26)31(27,28)13-4-2-12(23)3-5-13/h2-7,11,14,17-18,21,26H,8-10H2,1H3/t11-,14+,17-,18+,21?,22+/m1/s1. The highest BCUT2D eigenvalue weighted by atomic mass is 35.5. The third-order valence-electron chi connectivity index (χ3n) is 7.16. The van der Waals surface area contributed by atoms with Gasteiger partial charge in [-0.3, -0.25) is 0 Å². The number of aliphatic hydroxyl groups excluding tert-OH is 1. The molecule has 2 fully saturated rings. The maximum absolute atomic E-state index is 15.3. The molecule has 5 rings (SSSR count). The molecule has 2 aromatic carbocycles. The molecule has 2 heterocycles. The Bertz CT molecular complexity index is 1140. The Labute approximate surface area is 183 Å². The zero-order valence-electron chi connectivity index (χ0n) is 16.6. The van der Waals surface area contributed by atoms with E-state index >= 15 is 4.39 Å². The van der Waals surface area contributed by atoms with Gasteiger partial charge in [0.25, 0.3) is 0 Å². The molecule has 1 saturated heterocycles. The highest BCUT2D eigenvalue weighted by molar-refractivity contribution is 7.92. The number of fused-ring (bicyclic) bond motifs is 5. The van der Waals surface area contributed by atoms with Gasteiger partial charge in [-0.05, 0) is 49.2 Å². The lowest BCUT2D eigenvalue weighted by molar-refractivity contribution is -0.111. The Morgan fingerprint density at radius 1 is 1.13 bits per heavy atom. The van der Waals surface area contributed by atoms with Crippen LogP contribution in [0, 0.1) is 29.4 Å². The summed E-state index contributed by atoms with van der Waals surface area (Å²) >= 11 is 5.95. The van der Waals surface area contributed by atoms with Gasteiger partial charge < -0.3 is 14.6 Å². The Morgan fingerprint density at radius 2 is 1.81 bits per heavy atom. The molecule has 0 aromatic heterocycles. The summed E-state index contributed by atoms with van der Waals surface area (Å²) in [4.78, 5) is -0.0241. The fourth-order valence-corrected chi connectivity index (χ4v) is 8.26. The summed E-state index contributed by atoms with van der Waals surface area (Å²) in [6, 6.07) is 7.55. The molecule has 31 heavy (non-hydrogen) atoms. The average molecular weight is 471 g/mol. The van der Waals surface area contributed by atoms with Crippen LogP contribution in [0.2, 0.25) is 5.02 Å². The van der Waals surface area contributed by atoms with E-state index in [-0.39, 0.29) is 41.8 Å². The number of hydrogen-bond acceptors (Lipinski definition) is 5. The molecular formula is C22H21ClF2O5S. The van der Waals surface area contributed by atoms with Crippen LogP contribution in [-0.2, 0) is 19.3 Å². The Hall–Kier alpha value is -1.74. The van der Waals surface area contributed by atoms with Gasteiger partial charge in [0.05, 0.1) is 23.2 Å². The van der Waals surface area contributed by atoms with Gasteiger partial charge in [-0.1, -0.05) is 18.5 Å². The molecule has 1 saturated carbocycles. The molecule has 9 heteroatoms. The monoisotopic (exact) mass is 470 g/mol. The van der Waals surface area contributed by atoms with E-state index in [0.29, 0.717) is 5.02 Å². The normalized spacial score (nSPS) is 34.4. The van der Waals surface area contributed by atoms with Gasteiger partial charge in [0, 0.05) is 22.8 Å². The predicted molar refractivity (Wildman–Crippen MR) is 108 cm³/mol. The van der Waals surface area contributed by atoms with Crippen LogP contribution in [0.3, 0.4) is 0 Å². The highest BCUT2D eigenvalue weighted by Crippen LogP contribution is 2.61. The largest absolute Gasteiger partial charge is 0.490 e. The molecule has 2 aromatic rings. The molecular weight excluding hydrogens is 450 g/mol. The minimum absolute atomic E-state index is 0.0139. The predicted octanol–water partition coefficient (Wildman–Crippen LogP) is 4.06. The van der Waals surface area contributed by atoms with E-state index in [4.69, 9.17) is 21.1 Å². The molecule has 0 bridgehead atoms.